The number of carbonyl (C=O) groups is 4. The lowest BCUT2D eigenvalue weighted by Gasteiger charge is -2.07. The number of anilines is 7. The second-order valence-electron chi connectivity index (χ2n) is 26.6. The van der Waals surface area contributed by atoms with Crippen LogP contribution in [-0.4, -0.2) is 124 Å². The van der Waals surface area contributed by atoms with Crippen molar-refractivity contribution >= 4 is 181 Å². The van der Waals surface area contributed by atoms with Gasteiger partial charge >= 0.3 is 17.9 Å². The van der Waals surface area contributed by atoms with Gasteiger partial charge in [0.15, 0.2) is 91.8 Å². The molecule has 30 nitrogen and oxygen atoms in total. The number of aryl methyl sites for hydroxylation is 1. The lowest BCUT2D eigenvalue weighted by molar-refractivity contribution is 0.0514. The summed E-state index contributed by atoms with van der Waals surface area (Å²) in [5, 5.41) is 63.9. The van der Waals surface area contributed by atoms with E-state index in [2.05, 4.69) is 83.3 Å². The first-order valence-electron chi connectivity index (χ1n) is 37.8. The van der Waals surface area contributed by atoms with Crippen molar-refractivity contribution in [3.8, 4) is 23.0 Å². The maximum absolute atomic E-state index is 12.6. The normalized spacial score (nSPS) is 13.5. The van der Waals surface area contributed by atoms with E-state index in [1.165, 1.54) is 12.5 Å². The molecule has 4 aromatic carbocycles. The molecule has 14 heterocycles. The van der Waals surface area contributed by atoms with Gasteiger partial charge in [-0.2, -0.15) is 5.10 Å². The van der Waals surface area contributed by atoms with Gasteiger partial charge in [-0.3, -0.25) is 14.9 Å². The number of nitrogens with one attached hydrogen (secondary N) is 5. The minimum Gasteiger partial charge on any atom is -0.504 e. The molecule has 30 heteroatoms. The summed E-state index contributed by atoms with van der Waals surface area (Å²) in [4.78, 5) is 87.7. The van der Waals surface area contributed by atoms with Crippen LogP contribution in [0.25, 0.3) is 68.4 Å². The van der Waals surface area contributed by atoms with Gasteiger partial charge in [0.25, 0.3) is 0 Å². The first-order chi connectivity index (χ1) is 58.5. The Morgan fingerprint density at radius 1 is 0.413 bits per heavy atom. The van der Waals surface area contributed by atoms with Crippen molar-refractivity contribution in [1.29, 1.82) is 0 Å². The molecule has 0 atom stereocenters. The number of nitrogens with zero attached hydrogens (tertiary/aromatic N) is 10. The highest BCUT2D eigenvalue weighted by Gasteiger charge is 2.32. The van der Waals surface area contributed by atoms with Crippen molar-refractivity contribution < 1.29 is 71.5 Å². The fraction of sp³-hybridized carbons (Fsp3) is 0.121. The molecule has 0 saturated heterocycles. The monoisotopic (exact) mass is 1620 g/mol. The summed E-state index contributed by atoms with van der Waals surface area (Å²) in [7, 11) is 0. The number of allylic oxidation sites excluding steroid dienone is 4. The summed E-state index contributed by atoms with van der Waals surface area (Å²) < 4.78 is 38.6. The number of hydrogen-bond donors (Lipinski definition) is 9. The minimum atomic E-state index is -0.689. The largest absolute Gasteiger partial charge is 0.504 e. The number of fused-ring (bicyclic) bond motifs is 6. The van der Waals surface area contributed by atoms with Crippen LogP contribution in [0.3, 0.4) is 0 Å². The third kappa shape index (κ3) is 17.9. The van der Waals surface area contributed by atoms with E-state index in [4.69, 9.17) is 31.9 Å². The summed E-state index contributed by atoms with van der Waals surface area (Å²) in [5.41, 5.74) is 12.0. The molecule has 14 aromatic rings. The van der Waals surface area contributed by atoms with Gasteiger partial charge in [0, 0.05) is 135 Å². The number of hydrogen-bond acceptors (Lipinski definition) is 29. The molecule has 606 valence electrons. The SMILES string of the molecule is C.CC(=O)c1c(Nc2ccc3cn[nH]c3c2)oc(C=C2C=Nc3ncccc32)c1O.CCOC(=O)c1c(NCc2ccccc2)oc(C=C2C=Nc3ncccc32)c1O.CCOC(=O)c1c(Nc2ccc(CC)cc2)oc(C=C2C=Nc3ncccc32)c1O.CCOC(=O)c1c(Nc2ccc3ncccc3c2)oc(C=C2C=Nc3ncccc32)c1O. The number of furan rings is 4. The van der Waals surface area contributed by atoms with Gasteiger partial charge in [-0.05, 0) is 173 Å². The highest BCUT2D eigenvalue weighted by molar-refractivity contribution is 6.24. The average molecular weight is 1620 g/mol. The van der Waals surface area contributed by atoms with Crippen LogP contribution in [0.4, 0.5) is 63.9 Å². The fourth-order valence-corrected chi connectivity index (χ4v) is 12.9. The Labute approximate surface area is 690 Å². The fourth-order valence-electron chi connectivity index (χ4n) is 12.9. The lowest BCUT2D eigenvalue weighted by atomic mass is 10.1. The van der Waals surface area contributed by atoms with Gasteiger partial charge in [-0.1, -0.05) is 62.9 Å². The molecule has 10 aromatic heterocycles. The third-order valence-electron chi connectivity index (χ3n) is 18.7. The molecule has 4 aliphatic heterocycles. The van der Waals surface area contributed by atoms with Gasteiger partial charge in [0.2, 0.25) is 23.5 Å². The van der Waals surface area contributed by atoms with E-state index in [1.54, 1.807) is 125 Å². The van der Waals surface area contributed by atoms with Crippen molar-refractivity contribution in [2.24, 2.45) is 20.0 Å². The molecule has 0 spiro atoms. The Hall–Kier alpha value is -16.4. The molecule has 0 amide bonds. The van der Waals surface area contributed by atoms with Crippen molar-refractivity contribution in [3.63, 3.8) is 0 Å². The Balaban J connectivity index is 0.000000132. The molecular formula is C91H77N15O15. The zero-order valence-corrected chi connectivity index (χ0v) is 64.8. The molecule has 18 rings (SSSR count). The number of pyridine rings is 5. The molecule has 0 unspecified atom stereocenters. The Morgan fingerprint density at radius 2 is 0.802 bits per heavy atom. The number of rotatable bonds is 21. The van der Waals surface area contributed by atoms with E-state index in [9.17, 15) is 39.6 Å². The van der Waals surface area contributed by atoms with Gasteiger partial charge < -0.3 is 73.6 Å². The van der Waals surface area contributed by atoms with Crippen molar-refractivity contribution in [2.45, 2.75) is 55.0 Å². The molecular weight excluding hydrogens is 1540 g/mol. The number of carbonyl (C=O) groups excluding carboxylic acids is 4. The van der Waals surface area contributed by atoms with Gasteiger partial charge in [0.1, 0.15) is 5.56 Å². The smallest absolute Gasteiger partial charge is 0.347 e. The highest BCUT2D eigenvalue weighted by Crippen LogP contribution is 2.45. The summed E-state index contributed by atoms with van der Waals surface area (Å²) >= 11 is 0. The molecule has 4 aliphatic rings. The van der Waals surface area contributed by atoms with E-state index in [0.29, 0.717) is 46.8 Å². The van der Waals surface area contributed by atoms with E-state index < -0.39 is 17.9 Å². The summed E-state index contributed by atoms with van der Waals surface area (Å²) in [5.74, 6) is -0.0118. The number of aromatic hydroxyl groups is 4. The van der Waals surface area contributed by atoms with Crippen LogP contribution in [0, 0.1) is 0 Å². The second-order valence-corrected chi connectivity index (χ2v) is 26.6. The van der Waals surface area contributed by atoms with Gasteiger partial charge in [0.05, 0.1) is 37.1 Å². The predicted octanol–water partition coefficient (Wildman–Crippen LogP) is 19.7. The van der Waals surface area contributed by atoms with Crippen LogP contribution in [0.15, 0.2) is 226 Å². The molecule has 121 heavy (non-hydrogen) atoms. The number of aromatic nitrogens is 7. The van der Waals surface area contributed by atoms with E-state index >= 15 is 0 Å². The minimum absolute atomic E-state index is 0. The number of H-pyrrole nitrogens is 1. The van der Waals surface area contributed by atoms with Crippen LogP contribution in [0.2, 0.25) is 0 Å². The van der Waals surface area contributed by atoms with E-state index in [-0.39, 0.29) is 125 Å². The van der Waals surface area contributed by atoms with Crippen molar-refractivity contribution in [3.05, 3.63) is 268 Å². The number of Topliss-reactive ketones (excluding diaryl/α,β-unsaturated/α-hetero) is 1. The molecule has 0 saturated carbocycles. The zero-order valence-electron chi connectivity index (χ0n) is 64.8. The number of aromatic amines is 1. The molecule has 0 fully saturated rings. The summed E-state index contributed by atoms with van der Waals surface area (Å²) in [6.07, 6.45) is 24.1. The van der Waals surface area contributed by atoms with Crippen LogP contribution in [-0.2, 0) is 27.2 Å². The Kier molecular flexibility index (Phi) is 24.6. The topological polar surface area (TPSA) is 420 Å². The van der Waals surface area contributed by atoms with Gasteiger partial charge in [-0.15, -0.1) is 0 Å². The zero-order chi connectivity index (χ0) is 83.3. The summed E-state index contributed by atoms with van der Waals surface area (Å²) in [6, 6.07) is 47.0. The first kappa shape index (κ1) is 81.2. The van der Waals surface area contributed by atoms with Gasteiger partial charge in [-0.25, -0.2) is 54.3 Å². The van der Waals surface area contributed by atoms with Crippen molar-refractivity contribution in [2.75, 3.05) is 41.1 Å². The average Bonchev–Trinajstić information content (AvgIpc) is 1.66. The third-order valence-corrected chi connectivity index (χ3v) is 18.7. The molecule has 0 bridgehead atoms. The van der Waals surface area contributed by atoms with Crippen LogP contribution in [0.1, 0.15) is 140 Å². The Morgan fingerprint density at radius 3 is 1.25 bits per heavy atom. The molecule has 0 radical (unpaired) electrons. The number of ketones is 1. The lowest BCUT2D eigenvalue weighted by Crippen LogP contribution is -2.08. The maximum atomic E-state index is 12.6. The Bertz CT molecular complexity index is 6540. The second kappa shape index (κ2) is 36.6. The van der Waals surface area contributed by atoms with E-state index in [0.717, 1.165) is 78.5 Å². The van der Waals surface area contributed by atoms with E-state index in [1.807, 2.05) is 133 Å². The first-order valence-corrected chi connectivity index (χ1v) is 37.8. The van der Waals surface area contributed by atoms with Crippen molar-refractivity contribution in [1.82, 2.24) is 35.1 Å². The molecule has 9 N–H and O–H groups in total. The number of aliphatic imine (C=N–C) groups is 4. The van der Waals surface area contributed by atoms with Crippen LogP contribution < -0.4 is 21.3 Å². The number of ether oxygens (including phenoxy) is 3. The number of esters is 3. The summed E-state index contributed by atoms with van der Waals surface area (Å²) in [6.45, 7) is 9.49. The quantitative estimate of drug-likeness (QED) is 0.0183. The standard InChI is InChI=1S/C24H18N4O4.C23H21N3O4.C22H19N3O4.C21H15N5O3.CH4/c1-2-31-24(30)20-21(29)19(12-15-13-27-22-17(15)6-4-10-26-22)32-23(20)28-16-7-8-18-14(11-16)5-3-9-25-18;1-3-14-7-9-16(10-8-14)26-22-19(23(28)29-4-2)20(27)18(30-22)12-15-13-25-21-17(15)6-5-11-24-21;1-2-28-22(27)18-19(26)17(11-15-13-24-20-16(15)9-6-10-23-20)29-21(18)25-12-14-7-4-3-5-8-14;1-11(27)18-19(28)17(7-13-9-23-20-15(13)3-2-6-22-20)29-21(18)25-14-5-4-12-10-24-26-16(12)8-14;/h3-13,28-29H,2H2,1H3;5-13,26-27H,3-4H2,1-2H3;3-11,13,25-26H,2,12H2,1H3;2-10,25,28H,1H3,(H,24,26);1H4. The predicted molar refractivity (Wildman–Crippen MR) is 464 cm³/mol. The van der Waals surface area contributed by atoms with Crippen LogP contribution >= 0.6 is 0 Å². The number of benzene rings is 4. The van der Waals surface area contributed by atoms with Crippen LogP contribution in [0.5, 0.6) is 23.0 Å². The highest BCUT2D eigenvalue weighted by atomic mass is 16.5. The molecule has 0 aliphatic carbocycles. The maximum Gasteiger partial charge on any atom is 0.347 e.